The van der Waals surface area contributed by atoms with E-state index in [4.69, 9.17) is 38.9 Å². The first-order valence-corrected chi connectivity index (χ1v) is 21.1. The molecule has 2 saturated heterocycles. The summed E-state index contributed by atoms with van der Waals surface area (Å²) in [6.45, 7) is 18.0. The maximum Gasteiger partial charge on any atom is 0.404 e. The lowest BCUT2D eigenvalue weighted by molar-refractivity contribution is -0.338. The molecule has 3 heterocycles. The van der Waals surface area contributed by atoms with Crippen molar-refractivity contribution in [1.82, 2.24) is 0 Å². The first kappa shape index (κ1) is 51.2. The van der Waals surface area contributed by atoms with Gasteiger partial charge in [0.15, 0.2) is 18.2 Å². The van der Waals surface area contributed by atoms with Gasteiger partial charge in [-0.1, -0.05) is 89.1 Å². The van der Waals surface area contributed by atoms with Crippen molar-refractivity contribution >= 4 is 12.1 Å². The Kier molecular flexibility index (Phi) is 19.5. The van der Waals surface area contributed by atoms with Crippen molar-refractivity contribution in [3.05, 3.63) is 59.4 Å². The molecule has 0 unspecified atom stereocenters. The molecule has 18 atom stereocenters. The van der Waals surface area contributed by atoms with Crippen LogP contribution >= 0.6 is 0 Å². The summed E-state index contributed by atoms with van der Waals surface area (Å²) in [5.74, 6) is -6.06. The number of esters is 1. The van der Waals surface area contributed by atoms with Gasteiger partial charge in [-0.05, 0) is 46.1 Å². The summed E-state index contributed by atoms with van der Waals surface area (Å²) in [5.41, 5.74) is 6.76. The van der Waals surface area contributed by atoms with E-state index in [1.54, 1.807) is 58.1 Å². The smallest absolute Gasteiger partial charge is 0.404 e. The molecule has 7 N–H and O–H groups in total. The number of hydrogen-bond donors (Lipinski definition) is 6. The minimum atomic E-state index is -1.97. The third kappa shape index (κ3) is 13.2. The summed E-state index contributed by atoms with van der Waals surface area (Å²) < 4.78 is 41.3. The summed E-state index contributed by atoms with van der Waals surface area (Å²) in [6.07, 6.45) is 1.54. The fraction of sp³-hybridized carbons (Fsp3) is 0.733. The van der Waals surface area contributed by atoms with E-state index in [0.717, 1.165) is 5.57 Å². The van der Waals surface area contributed by atoms with Crippen molar-refractivity contribution < 1.29 is 68.3 Å². The highest BCUT2D eigenvalue weighted by Gasteiger charge is 2.52. The SMILES string of the molecule is CC=C[C@H]1O[C@@](O)([C@@H](C)[C@H](O)[C@H](C)[C@H]2OC(=O)C(OC)=CC(C)=C[C@@H](C)[C@@H](O)[C@@H](C)[C@@H](O)[C@H](C)CC(C)=CC=C[C@@H]2OC)C[C@@H](O[C@H]2C[C@@H](O)[C@H](OC(N)=O)[C@@H](C)O2)[C@@H]1C. The average molecular weight is 852 g/mol. The Hall–Kier alpha value is -3.12. The molecule has 3 aliphatic rings. The van der Waals surface area contributed by atoms with E-state index in [0.29, 0.717) is 12.0 Å². The van der Waals surface area contributed by atoms with E-state index < -0.39 is 103 Å². The molecule has 0 saturated carbocycles. The summed E-state index contributed by atoms with van der Waals surface area (Å²) in [6, 6.07) is 0. The minimum absolute atomic E-state index is 0.0314. The molecule has 1 amide bonds. The van der Waals surface area contributed by atoms with Crippen LogP contribution in [0.3, 0.4) is 0 Å². The molecule has 0 aromatic carbocycles. The Labute approximate surface area is 356 Å². The van der Waals surface area contributed by atoms with Gasteiger partial charge in [-0.2, -0.15) is 0 Å². The summed E-state index contributed by atoms with van der Waals surface area (Å²) in [7, 11) is 2.80. The Morgan fingerprint density at radius 2 is 1.72 bits per heavy atom. The molecule has 15 heteroatoms. The van der Waals surface area contributed by atoms with E-state index in [2.05, 4.69) is 0 Å². The van der Waals surface area contributed by atoms with Gasteiger partial charge in [0.25, 0.3) is 0 Å². The van der Waals surface area contributed by atoms with Gasteiger partial charge >= 0.3 is 12.1 Å². The third-order valence-corrected chi connectivity index (χ3v) is 12.5. The predicted octanol–water partition coefficient (Wildman–Crippen LogP) is 4.59. The van der Waals surface area contributed by atoms with Crippen molar-refractivity contribution in [3.8, 4) is 0 Å². The highest BCUT2D eigenvalue weighted by atomic mass is 16.7. The van der Waals surface area contributed by atoms with E-state index in [1.165, 1.54) is 20.3 Å². The molecule has 0 aromatic rings. The van der Waals surface area contributed by atoms with Crippen molar-refractivity contribution in [2.75, 3.05) is 14.2 Å². The average Bonchev–Trinajstić information content (AvgIpc) is 3.18. The van der Waals surface area contributed by atoms with Gasteiger partial charge in [-0.25, -0.2) is 9.59 Å². The maximum absolute atomic E-state index is 13.9. The number of amides is 1. The van der Waals surface area contributed by atoms with Crippen LogP contribution in [0.5, 0.6) is 0 Å². The number of rotatable bonds is 10. The zero-order chi connectivity index (χ0) is 45.2. The number of hydrogen-bond acceptors (Lipinski definition) is 14. The molecule has 60 heavy (non-hydrogen) atoms. The van der Waals surface area contributed by atoms with Gasteiger partial charge in [-0.3, -0.25) is 0 Å². The predicted molar refractivity (Wildman–Crippen MR) is 224 cm³/mol. The molecule has 3 aliphatic heterocycles. The molecule has 0 aliphatic carbocycles. The van der Waals surface area contributed by atoms with Gasteiger partial charge in [0.1, 0.15) is 12.2 Å². The molecule has 0 spiro atoms. The van der Waals surface area contributed by atoms with Crippen LogP contribution < -0.4 is 5.73 Å². The number of aliphatic hydroxyl groups is 5. The summed E-state index contributed by atoms with van der Waals surface area (Å²) in [4.78, 5) is 25.3. The van der Waals surface area contributed by atoms with E-state index in [-0.39, 0.29) is 36.4 Å². The van der Waals surface area contributed by atoms with Gasteiger partial charge < -0.3 is 64.4 Å². The number of nitrogens with two attached hydrogens (primary N) is 1. The quantitative estimate of drug-likeness (QED) is 0.131. The van der Waals surface area contributed by atoms with Crippen LogP contribution in [-0.2, 0) is 38.0 Å². The van der Waals surface area contributed by atoms with Crippen LogP contribution in [-0.4, -0.2) is 125 Å². The van der Waals surface area contributed by atoms with Crippen molar-refractivity contribution in [2.45, 2.75) is 162 Å². The number of cyclic esters (lactones) is 1. The third-order valence-electron chi connectivity index (χ3n) is 12.5. The standard InChI is InChI=1S/C45H73NO14/c1-13-15-33-27(6)36(57-37-21-32(47)42(31(10)56-37)59-44(46)52)22-45(53,60-33)30(9)40(50)29(8)41-34(54-11)17-14-16-23(2)18-25(4)38(48)28(7)39(49)26(5)19-24(3)20-35(55-12)43(51)58-41/h13-17,19-20,25-34,36-42,47-50,53H,18,21-22H2,1-12H3,(H2,46,52)/t25-,26-,27-,28+,29+,30+,31-,32-,33-,34+,36-,37+,38+,39-,40-,41-,42-,45-/m1/s1. The number of primary amides is 1. The lowest BCUT2D eigenvalue weighted by Crippen LogP contribution is -2.59. The molecule has 2 fully saturated rings. The fourth-order valence-corrected chi connectivity index (χ4v) is 8.64. The Bertz CT molecular complexity index is 1550. The Morgan fingerprint density at radius 1 is 1.05 bits per heavy atom. The Morgan fingerprint density at radius 3 is 2.30 bits per heavy atom. The molecule has 15 nitrogen and oxygen atoms in total. The van der Waals surface area contributed by atoms with Gasteiger partial charge in [-0.15, -0.1) is 0 Å². The molecule has 0 aromatic heterocycles. The number of carbonyl (C=O) groups excluding carboxylic acids is 2. The molecule has 0 radical (unpaired) electrons. The first-order chi connectivity index (χ1) is 28.1. The van der Waals surface area contributed by atoms with Gasteiger partial charge in [0.05, 0.1) is 49.8 Å². The molecular formula is C45H73NO14. The number of aliphatic hydroxyl groups excluding tert-OH is 4. The van der Waals surface area contributed by atoms with Crippen LogP contribution in [0.25, 0.3) is 0 Å². The highest BCUT2D eigenvalue weighted by molar-refractivity contribution is 5.87. The van der Waals surface area contributed by atoms with Crippen LogP contribution in [0, 0.1) is 35.5 Å². The fourth-order valence-electron chi connectivity index (χ4n) is 8.64. The lowest BCUT2D eigenvalue weighted by Gasteiger charge is -2.49. The molecule has 342 valence electrons. The zero-order valence-corrected chi connectivity index (χ0v) is 37.5. The molecular weight excluding hydrogens is 778 g/mol. The van der Waals surface area contributed by atoms with Crippen molar-refractivity contribution in [3.63, 3.8) is 0 Å². The van der Waals surface area contributed by atoms with E-state index >= 15 is 0 Å². The number of ether oxygens (including phenoxy) is 7. The van der Waals surface area contributed by atoms with Gasteiger partial charge in [0, 0.05) is 49.5 Å². The van der Waals surface area contributed by atoms with Crippen LogP contribution in [0.2, 0.25) is 0 Å². The van der Waals surface area contributed by atoms with Crippen LogP contribution in [0.1, 0.15) is 88.5 Å². The van der Waals surface area contributed by atoms with E-state index in [1.807, 2.05) is 47.6 Å². The van der Waals surface area contributed by atoms with Gasteiger partial charge in [0.2, 0.25) is 5.76 Å². The summed E-state index contributed by atoms with van der Waals surface area (Å²) >= 11 is 0. The van der Waals surface area contributed by atoms with Crippen molar-refractivity contribution in [1.29, 1.82) is 0 Å². The second kappa shape index (κ2) is 22.8. The van der Waals surface area contributed by atoms with Crippen molar-refractivity contribution in [2.24, 2.45) is 41.2 Å². The first-order valence-electron chi connectivity index (χ1n) is 21.1. The zero-order valence-electron chi connectivity index (χ0n) is 37.5. The highest BCUT2D eigenvalue weighted by Crippen LogP contribution is 2.42. The number of methoxy groups -OCH3 is 2. The molecule has 3 rings (SSSR count). The van der Waals surface area contributed by atoms with Crippen LogP contribution in [0.4, 0.5) is 4.79 Å². The minimum Gasteiger partial charge on any atom is -0.490 e. The normalized spacial score (nSPS) is 39.5. The lowest BCUT2D eigenvalue weighted by atomic mass is 9.77. The monoisotopic (exact) mass is 852 g/mol. The molecule has 0 bridgehead atoms. The second-order valence-corrected chi connectivity index (χ2v) is 17.3. The Balaban J connectivity index is 1.99. The topological polar surface area (TPSA) is 226 Å². The summed E-state index contributed by atoms with van der Waals surface area (Å²) in [5, 5.41) is 57.6. The number of carbonyl (C=O) groups is 2. The van der Waals surface area contributed by atoms with Crippen LogP contribution in [0.15, 0.2) is 59.4 Å². The largest absolute Gasteiger partial charge is 0.490 e. The second-order valence-electron chi connectivity index (χ2n) is 17.3. The van der Waals surface area contributed by atoms with E-state index in [9.17, 15) is 35.1 Å². The maximum atomic E-state index is 13.9. The number of allylic oxidation sites excluding steroid dienone is 6.